The fraction of sp³-hybridized carbons (Fsp3) is 0.231. The lowest BCUT2D eigenvalue weighted by Crippen LogP contribution is -2.22. The van der Waals surface area contributed by atoms with E-state index < -0.39 is 4.92 Å². The zero-order valence-corrected chi connectivity index (χ0v) is 12.4. The van der Waals surface area contributed by atoms with Gasteiger partial charge in [-0.05, 0) is 28.1 Å². The van der Waals surface area contributed by atoms with Gasteiger partial charge in [0, 0.05) is 48.6 Å². The normalized spacial score (nSPS) is 10.3. The van der Waals surface area contributed by atoms with Gasteiger partial charge in [-0.2, -0.15) is 0 Å². The average Bonchev–Trinajstić information content (AvgIpc) is 2.45. The molecule has 2 rings (SSSR count). The van der Waals surface area contributed by atoms with E-state index in [4.69, 9.17) is 0 Å². The molecular weight excluding hydrogens is 324 g/mol. The van der Waals surface area contributed by atoms with Gasteiger partial charge in [-0.1, -0.05) is 6.07 Å². The van der Waals surface area contributed by atoms with Gasteiger partial charge in [0.2, 0.25) is 5.82 Å². The predicted octanol–water partition coefficient (Wildman–Crippen LogP) is 2.83. The molecule has 0 aliphatic carbocycles. The molecule has 0 saturated carbocycles. The molecule has 0 aliphatic heterocycles. The molecule has 0 radical (unpaired) electrons. The first-order valence-electron chi connectivity index (χ1n) is 5.99. The Hall–Kier alpha value is -2.02. The summed E-state index contributed by atoms with van der Waals surface area (Å²) in [6.45, 7) is 0.604. The van der Waals surface area contributed by atoms with Crippen molar-refractivity contribution < 1.29 is 4.92 Å². The van der Waals surface area contributed by atoms with E-state index in [1.807, 2.05) is 18.2 Å². The van der Waals surface area contributed by atoms with Gasteiger partial charge in [0.05, 0.1) is 4.92 Å². The number of halogens is 1. The average molecular weight is 337 g/mol. The monoisotopic (exact) mass is 336 g/mol. The van der Waals surface area contributed by atoms with Crippen LogP contribution in [0.4, 0.5) is 11.5 Å². The molecule has 0 saturated heterocycles. The summed E-state index contributed by atoms with van der Waals surface area (Å²) >= 11 is 3.19. The summed E-state index contributed by atoms with van der Waals surface area (Å²) in [5, 5.41) is 11.1. The molecule has 2 aromatic heterocycles. The number of pyridine rings is 2. The second kappa shape index (κ2) is 6.42. The number of aromatic nitrogens is 2. The Bertz CT molecular complexity index is 607. The number of likely N-dealkylation sites (N-methyl/N-ethyl adjacent to an activating group) is 1. The summed E-state index contributed by atoms with van der Waals surface area (Å²) < 4.78 is 0.589. The zero-order chi connectivity index (χ0) is 14.5. The van der Waals surface area contributed by atoms with Crippen molar-refractivity contribution in [2.45, 2.75) is 6.42 Å². The zero-order valence-electron chi connectivity index (χ0n) is 10.9. The van der Waals surface area contributed by atoms with Crippen molar-refractivity contribution in [2.24, 2.45) is 0 Å². The smallest absolute Gasteiger partial charge is 0.312 e. The van der Waals surface area contributed by atoms with Crippen LogP contribution in [-0.4, -0.2) is 28.5 Å². The summed E-state index contributed by atoms with van der Waals surface area (Å²) in [6.07, 6.45) is 3.99. The lowest BCUT2D eigenvalue weighted by atomic mass is 10.2. The lowest BCUT2D eigenvalue weighted by molar-refractivity contribution is -0.384. The standard InChI is InChI=1S/C13H13BrN4O2/c1-17(7-5-11-4-2-3-6-15-11)13-12(18(19)20)8-10(14)9-16-13/h2-4,6,8-9H,5,7H2,1H3. The van der Waals surface area contributed by atoms with Gasteiger partial charge in [-0.3, -0.25) is 15.1 Å². The van der Waals surface area contributed by atoms with E-state index in [2.05, 4.69) is 25.9 Å². The summed E-state index contributed by atoms with van der Waals surface area (Å²) in [4.78, 5) is 20.8. The van der Waals surface area contributed by atoms with Gasteiger partial charge in [0.1, 0.15) is 0 Å². The molecule has 6 nitrogen and oxygen atoms in total. The highest BCUT2D eigenvalue weighted by Gasteiger charge is 2.19. The molecule has 20 heavy (non-hydrogen) atoms. The molecule has 0 bridgehead atoms. The summed E-state index contributed by atoms with van der Waals surface area (Å²) in [6, 6.07) is 7.16. The third kappa shape index (κ3) is 3.51. The molecule has 104 valence electrons. The molecule has 0 aromatic carbocycles. The van der Waals surface area contributed by atoms with E-state index in [0.717, 1.165) is 5.69 Å². The van der Waals surface area contributed by atoms with E-state index >= 15 is 0 Å². The second-order valence-electron chi connectivity index (χ2n) is 4.25. The first kappa shape index (κ1) is 14.4. The van der Waals surface area contributed by atoms with E-state index in [0.29, 0.717) is 23.3 Å². The van der Waals surface area contributed by atoms with Crippen molar-refractivity contribution in [2.75, 3.05) is 18.5 Å². The van der Waals surface area contributed by atoms with Crippen LogP contribution in [0, 0.1) is 10.1 Å². The minimum atomic E-state index is -0.426. The number of anilines is 1. The summed E-state index contributed by atoms with van der Waals surface area (Å²) in [5.41, 5.74) is 0.932. The first-order valence-corrected chi connectivity index (χ1v) is 6.78. The molecule has 0 spiro atoms. The topological polar surface area (TPSA) is 72.2 Å². The number of rotatable bonds is 5. The van der Waals surface area contributed by atoms with Crippen molar-refractivity contribution in [3.8, 4) is 0 Å². The van der Waals surface area contributed by atoms with Gasteiger partial charge in [0.15, 0.2) is 0 Å². The highest BCUT2D eigenvalue weighted by atomic mass is 79.9. The van der Waals surface area contributed by atoms with Gasteiger partial charge >= 0.3 is 5.69 Å². The van der Waals surface area contributed by atoms with Crippen molar-refractivity contribution in [3.05, 3.63) is 56.9 Å². The van der Waals surface area contributed by atoms with Crippen LogP contribution >= 0.6 is 15.9 Å². The van der Waals surface area contributed by atoms with Crippen LogP contribution in [0.3, 0.4) is 0 Å². The Balaban J connectivity index is 2.13. The van der Waals surface area contributed by atoms with Crippen LogP contribution in [0.25, 0.3) is 0 Å². The molecule has 2 heterocycles. The maximum absolute atomic E-state index is 11.1. The Kier molecular flexibility index (Phi) is 4.62. The third-order valence-electron chi connectivity index (χ3n) is 2.80. The van der Waals surface area contributed by atoms with Crippen LogP contribution in [0.2, 0.25) is 0 Å². The first-order chi connectivity index (χ1) is 9.58. The maximum atomic E-state index is 11.1. The summed E-state index contributed by atoms with van der Waals surface area (Å²) in [7, 11) is 1.78. The summed E-state index contributed by atoms with van der Waals surface area (Å²) in [5.74, 6) is 0.356. The number of nitrogens with zero attached hydrogens (tertiary/aromatic N) is 4. The van der Waals surface area contributed by atoms with Gasteiger partial charge < -0.3 is 4.90 Å². The van der Waals surface area contributed by atoms with Crippen LogP contribution in [0.5, 0.6) is 0 Å². The van der Waals surface area contributed by atoms with Crippen molar-refractivity contribution in [1.29, 1.82) is 0 Å². The predicted molar refractivity (Wildman–Crippen MR) is 79.8 cm³/mol. The van der Waals surface area contributed by atoms with E-state index in [1.165, 1.54) is 6.07 Å². The molecule has 0 N–H and O–H groups in total. The third-order valence-corrected chi connectivity index (χ3v) is 3.24. The lowest BCUT2D eigenvalue weighted by Gasteiger charge is -2.17. The molecule has 2 aromatic rings. The molecule has 0 aliphatic rings. The fourth-order valence-corrected chi connectivity index (χ4v) is 2.10. The molecule has 0 fully saturated rings. The number of nitro groups is 1. The van der Waals surface area contributed by atoms with E-state index in [-0.39, 0.29) is 5.69 Å². The Labute approximate surface area is 124 Å². The van der Waals surface area contributed by atoms with Crippen molar-refractivity contribution >= 4 is 27.4 Å². The molecule has 0 atom stereocenters. The highest BCUT2D eigenvalue weighted by Crippen LogP contribution is 2.27. The van der Waals surface area contributed by atoms with Crippen LogP contribution in [-0.2, 0) is 6.42 Å². The quantitative estimate of drug-likeness (QED) is 0.620. The van der Waals surface area contributed by atoms with E-state index in [1.54, 1.807) is 24.3 Å². The van der Waals surface area contributed by atoms with Gasteiger partial charge in [-0.15, -0.1) is 0 Å². The second-order valence-corrected chi connectivity index (χ2v) is 5.16. The van der Waals surface area contributed by atoms with Crippen molar-refractivity contribution in [1.82, 2.24) is 9.97 Å². The van der Waals surface area contributed by atoms with Gasteiger partial charge in [0.25, 0.3) is 0 Å². The van der Waals surface area contributed by atoms with Gasteiger partial charge in [-0.25, -0.2) is 4.98 Å². The van der Waals surface area contributed by atoms with Crippen LogP contribution in [0.15, 0.2) is 41.1 Å². The molecule has 0 unspecified atom stereocenters. The fourth-order valence-electron chi connectivity index (χ4n) is 1.78. The molecule has 0 amide bonds. The Morgan fingerprint density at radius 3 is 2.85 bits per heavy atom. The molecular formula is C13H13BrN4O2. The number of hydrogen-bond acceptors (Lipinski definition) is 5. The minimum absolute atomic E-state index is 0.0112. The number of hydrogen-bond donors (Lipinski definition) is 0. The minimum Gasteiger partial charge on any atom is -0.354 e. The Morgan fingerprint density at radius 1 is 1.40 bits per heavy atom. The molecule has 7 heteroatoms. The Morgan fingerprint density at radius 2 is 2.20 bits per heavy atom. The van der Waals surface area contributed by atoms with E-state index in [9.17, 15) is 10.1 Å². The van der Waals surface area contributed by atoms with Crippen LogP contribution in [0.1, 0.15) is 5.69 Å². The van der Waals surface area contributed by atoms with Crippen LogP contribution < -0.4 is 4.90 Å². The largest absolute Gasteiger partial charge is 0.354 e. The highest BCUT2D eigenvalue weighted by molar-refractivity contribution is 9.10. The SMILES string of the molecule is CN(CCc1ccccn1)c1ncc(Br)cc1[N+](=O)[O-]. The maximum Gasteiger partial charge on any atom is 0.312 e. The van der Waals surface area contributed by atoms with Crippen molar-refractivity contribution in [3.63, 3.8) is 0 Å².